The van der Waals surface area contributed by atoms with Gasteiger partial charge in [-0.25, -0.2) is 63.1 Å². The van der Waals surface area contributed by atoms with Crippen LogP contribution in [0, 0.1) is 0 Å². The number of halogens is 10. The average molecular weight is 1410 g/mol. The quantitative estimate of drug-likeness (QED) is 0.129. The van der Waals surface area contributed by atoms with Crippen LogP contribution in [0.25, 0.3) is 0 Å². The van der Waals surface area contributed by atoms with Crippen molar-refractivity contribution in [3.63, 3.8) is 0 Å². The number of carbonyl (C=O) groups is 5. The summed E-state index contributed by atoms with van der Waals surface area (Å²) in [6.07, 6.45) is 0.902. The molecule has 8 aliphatic rings. The van der Waals surface area contributed by atoms with Gasteiger partial charge in [-0.15, -0.1) is 0 Å². The summed E-state index contributed by atoms with van der Waals surface area (Å²) in [5, 5.41) is 14.9. The SMILES string of the molecule is CC(C)(C)OC(=O)N1CC(F)(F)C[C@@H]1CO.CC(C)(C)OC(=O)N1CCC(=O)CC1.COC[C@H]1CC(F)(F)CN1.COC[C@H]1CC(F)(F)CN1C(=O)OC(C)(C)C.COC[C@H]1CC(F)(F)CN1C1CCN(C(=O)OC(C)(C)C)CC1.COC[C@H]1CC(F)(F)CN1C1CCNCC1. The summed E-state index contributed by atoms with van der Waals surface area (Å²) in [4.78, 5) is 66.9. The van der Waals surface area contributed by atoms with E-state index in [1.54, 1.807) is 65.6 Å². The van der Waals surface area contributed by atoms with E-state index in [1.165, 1.54) is 14.2 Å². The van der Waals surface area contributed by atoms with Gasteiger partial charge in [0.2, 0.25) is 0 Å². The molecule has 32 heteroatoms. The van der Waals surface area contributed by atoms with Gasteiger partial charge in [-0.05, 0) is 122 Å². The number of rotatable bonds is 11. The predicted molar refractivity (Wildman–Crippen MR) is 337 cm³/mol. The van der Waals surface area contributed by atoms with Gasteiger partial charge in [-0.1, -0.05) is 0 Å². The Bertz CT molecular complexity index is 2380. The Balaban J connectivity index is 0.000000305. The van der Waals surface area contributed by atoms with Crippen molar-refractivity contribution >= 4 is 30.2 Å². The van der Waals surface area contributed by atoms with Crippen molar-refractivity contribution in [2.45, 2.75) is 248 Å². The number of hydrogen-bond acceptors (Lipinski definition) is 18. The van der Waals surface area contributed by atoms with E-state index in [9.17, 15) is 67.9 Å². The predicted octanol–water partition coefficient (Wildman–Crippen LogP) is 9.95. The zero-order chi connectivity index (χ0) is 73.1. The van der Waals surface area contributed by atoms with Gasteiger partial charge in [-0.3, -0.25) is 24.4 Å². The van der Waals surface area contributed by atoms with E-state index in [0.29, 0.717) is 77.7 Å². The van der Waals surface area contributed by atoms with E-state index in [2.05, 4.69) is 10.6 Å². The van der Waals surface area contributed by atoms with E-state index in [1.807, 2.05) is 51.3 Å². The monoisotopic (exact) mass is 1410 g/mol. The van der Waals surface area contributed by atoms with Crippen LogP contribution in [0.2, 0.25) is 0 Å². The summed E-state index contributed by atoms with van der Waals surface area (Å²) in [5.74, 6) is -13.3. The molecule has 0 unspecified atom stereocenters. The highest BCUT2D eigenvalue weighted by Gasteiger charge is 2.51. The van der Waals surface area contributed by atoms with E-state index < -0.39 is 102 Å². The first kappa shape index (κ1) is 85.9. The molecule has 4 amide bonds. The second kappa shape index (κ2) is 36.9. The number of amides is 4. The summed E-state index contributed by atoms with van der Waals surface area (Å²) in [5.41, 5.74) is -2.39. The Morgan fingerprint density at radius 2 is 0.781 bits per heavy atom. The lowest BCUT2D eigenvalue weighted by Crippen LogP contribution is -2.50. The number of carbonyl (C=O) groups excluding carboxylic acids is 5. The zero-order valence-electron chi connectivity index (χ0n) is 59.4. The van der Waals surface area contributed by atoms with Crippen molar-refractivity contribution < 1.29 is 111 Å². The first-order valence-electron chi connectivity index (χ1n) is 32.9. The van der Waals surface area contributed by atoms with E-state index in [-0.39, 0.29) is 94.1 Å². The molecular formula is C64H112F10N8O14. The van der Waals surface area contributed by atoms with E-state index in [4.69, 9.17) is 43.0 Å². The number of Topliss-reactive ketones (excluding diaryl/α,β-unsaturated/α-hetero) is 1. The lowest BCUT2D eigenvalue weighted by molar-refractivity contribution is -0.121. The molecule has 5 atom stereocenters. The zero-order valence-corrected chi connectivity index (χ0v) is 59.4. The number of ether oxygens (including phenoxy) is 8. The van der Waals surface area contributed by atoms with Crippen molar-refractivity contribution in [2.24, 2.45) is 0 Å². The van der Waals surface area contributed by atoms with Crippen LogP contribution in [0.4, 0.5) is 63.1 Å². The number of nitrogens with one attached hydrogen (secondary N) is 2. The fourth-order valence-corrected chi connectivity index (χ4v) is 12.0. The summed E-state index contributed by atoms with van der Waals surface area (Å²) in [6.45, 7) is 23.9. The van der Waals surface area contributed by atoms with Crippen LogP contribution >= 0.6 is 0 Å². The van der Waals surface area contributed by atoms with Gasteiger partial charge in [0.05, 0.1) is 77.8 Å². The Kier molecular flexibility index (Phi) is 33.0. The van der Waals surface area contributed by atoms with Gasteiger partial charge in [0.1, 0.15) is 28.2 Å². The number of piperidine rings is 3. The first-order chi connectivity index (χ1) is 44.0. The fourth-order valence-electron chi connectivity index (χ4n) is 12.0. The molecule has 8 rings (SSSR count). The molecule has 8 fully saturated rings. The van der Waals surface area contributed by atoms with Crippen molar-refractivity contribution in [1.29, 1.82) is 0 Å². The molecule has 8 aliphatic heterocycles. The normalized spacial score (nSPS) is 25.9. The molecule has 96 heavy (non-hydrogen) atoms. The summed E-state index contributed by atoms with van der Waals surface area (Å²) >= 11 is 0. The molecule has 0 aromatic carbocycles. The third-order valence-electron chi connectivity index (χ3n) is 16.0. The largest absolute Gasteiger partial charge is 0.444 e. The maximum Gasteiger partial charge on any atom is 0.410 e. The highest BCUT2D eigenvalue weighted by molar-refractivity contribution is 5.81. The van der Waals surface area contributed by atoms with Crippen LogP contribution in [0.15, 0.2) is 0 Å². The van der Waals surface area contributed by atoms with E-state index >= 15 is 0 Å². The van der Waals surface area contributed by atoms with Crippen molar-refractivity contribution in [3.8, 4) is 0 Å². The topological polar surface area (TPSA) is 223 Å². The molecule has 0 radical (unpaired) electrons. The van der Waals surface area contributed by atoms with Gasteiger partial charge >= 0.3 is 24.4 Å². The molecule has 562 valence electrons. The molecule has 0 aromatic heterocycles. The van der Waals surface area contributed by atoms with Crippen molar-refractivity contribution in [1.82, 2.24) is 40.0 Å². The lowest BCUT2D eigenvalue weighted by atomic mass is 10.0. The molecular weight excluding hydrogens is 1290 g/mol. The van der Waals surface area contributed by atoms with Gasteiger partial charge < -0.3 is 63.4 Å². The number of likely N-dealkylation sites (tertiary alicyclic amines) is 6. The standard InChI is InChI=1S/C16H28F2N2O3.C11H20F2N2O.C11H19F2NO3.C10H17F2NO3.C10H17NO3.C6H11F2NO/c1-15(2,3)23-14(21)19-7-5-12(6-8-19)20-11-16(17,18)9-13(20)10-22-4;1-16-7-10-6-11(12,13)8-15(10)9-2-4-14-5-3-9;1-10(2,3)17-9(15)14-7-11(12,13)5-8(14)6-16-4;1-9(2,3)16-8(15)13-6-10(11,12)4-7(13)5-14;1-10(2,3)14-9(13)11-6-4-8(12)5-7-11;1-10-3-5-2-6(7,8)4-9-5/h12-13H,5-11H2,1-4H3;9-10,14H,2-8H2,1H3;8H,5-7H2,1-4H3;7,14H,4-6H2,1-3H3;4-7H2,1-3H3;5,9H,2-4H2,1H3/t13-;10-;8-;7-;;5-/m1111.1/s1. The number of aliphatic hydroxyl groups is 1. The van der Waals surface area contributed by atoms with Crippen LogP contribution in [0.5, 0.6) is 0 Å². The lowest BCUT2D eigenvalue weighted by Gasteiger charge is -2.39. The minimum Gasteiger partial charge on any atom is -0.444 e. The van der Waals surface area contributed by atoms with Crippen LogP contribution < -0.4 is 10.6 Å². The molecule has 0 bridgehead atoms. The second-order valence-electron chi connectivity index (χ2n) is 29.7. The minimum absolute atomic E-state index is 0.0508. The van der Waals surface area contributed by atoms with Gasteiger partial charge in [-0.2, -0.15) is 0 Å². The molecule has 8 heterocycles. The third-order valence-corrected chi connectivity index (χ3v) is 16.0. The van der Waals surface area contributed by atoms with Gasteiger partial charge in [0.15, 0.2) is 0 Å². The van der Waals surface area contributed by atoms with Crippen molar-refractivity contribution in [3.05, 3.63) is 0 Å². The maximum atomic E-state index is 13.7. The second-order valence-corrected chi connectivity index (χ2v) is 29.7. The minimum atomic E-state index is -2.94. The highest BCUT2D eigenvalue weighted by atomic mass is 19.3. The molecule has 0 aromatic rings. The van der Waals surface area contributed by atoms with Gasteiger partial charge in [0, 0.05) is 130 Å². The number of methoxy groups -OCH3 is 4. The van der Waals surface area contributed by atoms with Crippen LogP contribution in [0.3, 0.4) is 0 Å². The molecule has 0 aliphatic carbocycles. The van der Waals surface area contributed by atoms with Crippen molar-refractivity contribution in [2.75, 3.05) is 133 Å². The summed E-state index contributed by atoms with van der Waals surface area (Å²) in [7, 11) is 6.05. The number of alkyl halides is 10. The number of ketones is 1. The Morgan fingerprint density at radius 3 is 1.15 bits per heavy atom. The first-order valence-corrected chi connectivity index (χ1v) is 32.9. The highest BCUT2D eigenvalue weighted by Crippen LogP contribution is 2.39. The summed E-state index contributed by atoms with van der Waals surface area (Å²) in [6, 6.07) is -1.62. The fraction of sp³-hybridized carbons (Fsp3) is 0.922. The number of hydrogen-bond donors (Lipinski definition) is 3. The average Bonchev–Trinajstić information content (AvgIpc) is 1.67. The third kappa shape index (κ3) is 31.9. The smallest absolute Gasteiger partial charge is 0.410 e. The molecule has 22 nitrogen and oxygen atoms in total. The Morgan fingerprint density at radius 1 is 0.448 bits per heavy atom. The van der Waals surface area contributed by atoms with Crippen LogP contribution in [-0.4, -0.2) is 292 Å². The number of aliphatic hydroxyl groups excluding tert-OH is 1. The molecule has 0 saturated carbocycles. The Labute approximate surface area is 561 Å². The van der Waals surface area contributed by atoms with Gasteiger partial charge in [0.25, 0.3) is 29.6 Å². The molecule has 8 saturated heterocycles. The summed E-state index contributed by atoms with van der Waals surface area (Å²) < 4.78 is 172. The molecule has 3 N–H and O–H groups in total. The van der Waals surface area contributed by atoms with E-state index in [0.717, 1.165) is 35.7 Å². The van der Waals surface area contributed by atoms with Crippen LogP contribution in [-0.2, 0) is 42.7 Å². The van der Waals surface area contributed by atoms with Crippen LogP contribution in [0.1, 0.15) is 154 Å². The number of nitrogens with zero attached hydrogens (tertiary/aromatic N) is 6. The maximum absolute atomic E-state index is 13.7. The Hall–Kier alpha value is -4.31. The molecule has 0 spiro atoms.